The van der Waals surface area contributed by atoms with Crippen LogP contribution in [0, 0.1) is 5.92 Å². The predicted molar refractivity (Wildman–Crippen MR) is 127 cm³/mol. The van der Waals surface area contributed by atoms with Crippen LogP contribution >= 0.6 is 0 Å². The molecule has 180 valence electrons. The largest absolute Gasteiger partial charge is 0.469 e. The minimum absolute atomic E-state index is 0.131. The molecule has 0 saturated carbocycles. The molecule has 1 unspecified atom stereocenters. The maximum absolute atomic E-state index is 13.0. The van der Waals surface area contributed by atoms with Crippen LogP contribution in [0.15, 0.2) is 53.8 Å². The Morgan fingerprint density at radius 2 is 1.85 bits per heavy atom. The number of carbonyl (C=O) groups is 3. The Labute approximate surface area is 196 Å². The van der Waals surface area contributed by atoms with E-state index in [-0.39, 0.29) is 18.4 Å². The van der Waals surface area contributed by atoms with Gasteiger partial charge in [-0.25, -0.2) is 4.79 Å². The van der Waals surface area contributed by atoms with Crippen molar-refractivity contribution in [3.05, 3.63) is 59.3 Å². The van der Waals surface area contributed by atoms with Gasteiger partial charge in [0.15, 0.2) is 0 Å². The molecular weight excluding hydrogens is 420 g/mol. The van der Waals surface area contributed by atoms with Gasteiger partial charge < -0.3 is 19.7 Å². The lowest BCUT2D eigenvalue weighted by Gasteiger charge is -2.30. The molecule has 1 atom stereocenters. The fourth-order valence-electron chi connectivity index (χ4n) is 3.46. The zero-order valence-corrected chi connectivity index (χ0v) is 20.3. The lowest BCUT2D eigenvalue weighted by molar-refractivity contribution is -0.143. The van der Waals surface area contributed by atoms with Crippen molar-refractivity contribution < 1.29 is 23.9 Å². The lowest BCUT2D eigenvalue weighted by atomic mass is 9.93. The molecule has 1 aromatic carbocycles. The molecular formula is C26H36N2O5. The predicted octanol–water partition coefficient (Wildman–Crippen LogP) is 4.39. The van der Waals surface area contributed by atoms with E-state index in [9.17, 15) is 14.4 Å². The van der Waals surface area contributed by atoms with Gasteiger partial charge >= 0.3 is 12.1 Å². The van der Waals surface area contributed by atoms with E-state index in [1.165, 1.54) is 7.11 Å². The normalized spacial score (nSPS) is 15.7. The van der Waals surface area contributed by atoms with Gasteiger partial charge in [0.1, 0.15) is 5.60 Å². The van der Waals surface area contributed by atoms with Crippen LogP contribution < -0.4 is 5.32 Å². The quantitative estimate of drug-likeness (QED) is 0.557. The second-order valence-electron chi connectivity index (χ2n) is 9.11. The van der Waals surface area contributed by atoms with Crippen molar-refractivity contribution in [2.45, 2.75) is 59.0 Å². The standard InChI is InChI=1S/C26H36N2O5/c1-6-10-23(29)27-22-17-20(24(30)32-5)13-14-21(22)18-28(25(31)33-26(2,3)4)16-15-19-11-8-7-9-12-19/h7-9,11-12,14,17,20H,6,10,13,15-16,18H2,1-5H3,(H,27,29). The van der Waals surface area contributed by atoms with E-state index in [2.05, 4.69) is 5.32 Å². The number of esters is 1. The Morgan fingerprint density at radius 1 is 1.15 bits per heavy atom. The topological polar surface area (TPSA) is 84.9 Å². The molecule has 2 rings (SSSR count). The molecule has 33 heavy (non-hydrogen) atoms. The number of ether oxygens (including phenoxy) is 2. The molecule has 0 bridgehead atoms. The Balaban J connectivity index is 2.24. The molecule has 1 aliphatic rings. The number of methoxy groups -OCH3 is 1. The molecule has 0 fully saturated rings. The minimum Gasteiger partial charge on any atom is -0.469 e. The highest BCUT2D eigenvalue weighted by atomic mass is 16.6. The first kappa shape index (κ1) is 26.2. The number of nitrogens with one attached hydrogen (secondary N) is 1. The zero-order valence-electron chi connectivity index (χ0n) is 20.3. The average molecular weight is 457 g/mol. The Hall–Kier alpha value is -3.09. The van der Waals surface area contributed by atoms with Gasteiger partial charge in [0.25, 0.3) is 0 Å². The summed E-state index contributed by atoms with van der Waals surface area (Å²) in [5, 5.41) is 2.91. The van der Waals surface area contributed by atoms with Crippen LogP contribution in [-0.2, 0) is 25.5 Å². The zero-order chi connectivity index (χ0) is 24.4. The summed E-state index contributed by atoms with van der Waals surface area (Å²) in [5.74, 6) is -0.969. The first-order chi connectivity index (χ1) is 15.6. The second-order valence-corrected chi connectivity index (χ2v) is 9.11. The van der Waals surface area contributed by atoms with Gasteiger partial charge in [-0.1, -0.05) is 43.3 Å². The first-order valence-electron chi connectivity index (χ1n) is 11.4. The fourth-order valence-corrected chi connectivity index (χ4v) is 3.46. The average Bonchev–Trinajstić information content (AvgIpc) is 2.76. The monoisotopic (exact) mass is 456 g/mol. The van der Waals surface area contributed by atoms with Crippen LogP contribution in [-0.4, -0.2) is 48.7 Å². The molecule has 0 radical (unpaired) electrons. The molecule has 1 aliphatic carbocycles. The maximum Gasteiger partial charge on any atom is 0.410 e. The number of allylic oxidation sites excluding steroid dienone is 1. The number of carbonyl (C=O) groups excluding carboxylic acids is 3. The Morgan fingerprint density at radius 3 is 2.45 bits per heavy atom. The van der Waals surface area contributed by atoms with Gasteiger partial charge in [0.05, 0.1) is 19.6 Å². The third kappa shape index (κ3) is 8.75. The van der Waals surface area contributed by atoms with Gasteiger partial charge in [-0.05, 0) is 57.2 Å². The fraction of sp³-hybridized carbons (Fsp3) is 0.500. The molecule has 0 saturated heterocycles. The second kappa shape index (κ2) is 12.2. The van der Waals surface area contributed by atoms with Gasteiger partial charge in [-0.15, -0.1) is 0 Å². The highest BCUT2D eigenvalue weighted by Crippen LogP contribution is 2.24. The van der Waals surface area contributed by atoms with Crippen LogP contribution in [0.5, 0.6) is 0 Å². The number of nitrogens with zero attached hydrogens (tertiary/aromatic N) is 1. The highest BCUT2D eigenvalue weighted by molar-refractivity contribution is 5.80. The molecule has 2 amide bonds. The van der Waals surface area contributed by atoms with E-state index in [4.69, 9.17) is 9.47 Å². The molecule has 0 heterocycles. The number of hydrogen-bond acceptors (Lipinski definition) is 5. The molecule has 0 spiro atoms. The number of rotatable bonds is 9. The van der Waals surface area contributed by atoms with Crippen LogP contribution in [0.1, 0.15) is 52.5 Å². The van der Waals surface area contributed by atoms with Crippen LogP contribution in [0.25, 0.3) is 0 Å². The summed E-state index contributed by atoms with van der Waals surface area (Å²) in [6.45, 7) is 8.13. The van der Waals surface area contributed by atoms with Gasteiger partial charge in [0, 0.05) is 18.7 Å². The van der Waals surface area contributed by atoms with Crippen LogP contribution in [0.3, 0.4) is 0 Å². The van der Waals surface area contributed by atoms with Crippen molar-refractivity contribution in [3.8, 4) is 0 Å². The third-order valence-electron chi connectivity index (χ3n) is 5.11. The molecule has 1 aromatic rings. The summed E-state index contributed by atoms with van der Waals surface area (Å²) < 4.78 is 10.5. The van der Waals surface area contributed by atoms with E-state index >= 15 is 0 Å². The van der Waals surface area contributed by atoms with E-state index in [0.29, 0.717) is 37.9 Å². The summed E-state index contributed by atoms with van der Waals surface area (Å²) in [6, 6.07) is 9.92. The third-order valence-corrected chi connectivity index (χ3v) is 5.11. The summed E-state index contributed by atoms with van der Waals surface area (Å²) in [4.78, 5) is 39.0. The summed E-state index contributed by atoms with van der Waals surface area (Å²) >= 11 is 0. The van der Waals surface area contributed by atoms with Gasteiger partial charge in [-0.3, -0.25) is 9.59 Å². The van der Waals surface area contributed by atoms with E-state index < -0.39 is 17.6 Å². The van der Waals surface area contributed by atoms with Crippen molar-refractivity contribution in [2.24, 2.45) is 5.92 Å². The molecule has 0 aliphatic heterocycles. The smallest absolute Gasteiger partial charge is 0.410 e. The molecule has 7 heteroatoms. The Kier molecular flexibility index (Phi) is 9.70. The minimum atomic E-state index is -0.632. The number of amides is 2. The van der Waals surface area contributed by atoms with Crippen molar-refractivity contribution in [1.82, 2.24) is 10.2 Å². The summed E-state index contributed by atoms with van der Waals surface area (Å²) in [5.41, 5.74) is 1.80. The van der Waals surface area contributed by atoms with Crippen molar-refractivity contribution >= 4 is 18.0 Å². The van der Waals surface area contributed by atoms with Crippen molar-refractivity contribution in [1.29, 1.82) is 0 Å². The van der Waals surface area contributed by atoms with E-state index in [1.807, 2.05) is 64.1 Å². The van der Waals surface area contributed by atoms with Crippen LogP contribution in [0.2, 0.25) is 0 Å². The highest BCUT2D eigenvalue weighted by Gasteiger charge is 2.27. The van der Waals surface area contributed by atoms with Gasteiger partial charge in [0.2, 0.25) is 5.91 Å². The van der Waals surface area contributed by atoms with E-state index in [1.54, 1.807) is 11.0 Å². The number of benzene rings is 1. The first-order valence-corrected chi connectivity index (χ1v) is 11.4. The molecule has 1 N–H and O–H groups in total. The van der Waals surface area contributed by atoms with Crippen molar-refractivity contribution in [2.75, 3.05) is 20.2 Å². The van der Waals surface area contributed by atoms with Gasteiger partial charge in [-0.2, -0.15) is 0 Å². The number of hydrogen-bond donors (Lipinski definition) is 1. The molecule has 7 nitrogen and oxygen atoms in total. The lowest BCUT2D eigenvalue weighted by Crippen LogP contribution is -2.40. The van der Waals surface area contributed by atoms with Crippen molar-refractivity contribution in [3.63, 3.8) is 0 Å². The molecule has 0 aromatic heterocycles. The maximum atomic E-state index is 13.0. The summed E-state index contributed by atoms with van der Waals surface area (Å²) in [6.07, 6.45) is 5.38. The summed E-state index contributed by atoms with van der Waals surface area (Å²) in [7, 11) is 1.35. The van der Waals surface area contributed by atoms with E-state index in [0.717, 1.165) is 11.1 Å². The van der Waals surface area contributed by atoms with Crippen LogP contribution in [0.4, 0.5) is 4.79 Å². The SMILES string of the molecule is CCCC(=O)NC1=CC(C(=O)OC)CC=C1CN(CCc1ccccc1)C(=O)OC(C)(C)C. The Bertz CT molecular complexity index is 884.